The number of anilines is 1. The number of hydrogen-bond donors (Lipinski definition) is 1. The zero-order chi connectivity index (χ0) is 19.2. The van der Waals surface area contributed by atoms with E-state index in [1.165, 1.54) is 24.9 Å². The summed E-state index contributed by atoms with van der Waals surface area (Å²) in [6.07, 6.45) is 4.94. The lowest BCUT2D eigenvalue weighted by atomic mass is 10.1. The monoisotopic (exact) mass is 404 g/mol. The molecule has 3 nitrogen and oxygen atoms in total. The predicted octanol–water partition coefficient (Wildman–Crippen LogP) is 5.79. The number of halogens is 2. The third-order valence-electron chi connectivity index (χ3n) is 5.12. The molecule has 1 saturated heterocycles. The first-order valence-electron chi connectivity index (χ1n) is 9.61. The molecule has 0 aliphatic carbocycles. The van der Waals surface area contributed by atoms with Gasteiger partial charge in [0.15, 0.2) is 0 Å². The van der Waals surface area contributed by atoms with Crippen LogP contribution in [0.3, 0.4) is 0 Å². The Morgan fingerprint density at radius 2 is 1.74 bits per heavy atom. The summed E-state index contributed by atoms with van der Waals surface area (Å²) < 4.78 is 0. The average Bonchev–Trinajstić information content (AvgIpc) is 2.69. The molecule has 1 aliphatic rings. The van der Waals surface area contributed by atoms with Crippen LogP contribution in [0.2, 0.25) is 10.0 Å². The second-order valence-electron chi connectivity index (χ2n) is 7.18. The molecule has 1 fully saturated rings. The Morgan fingerprint density at radius 1 is 1.04 bits per heavy atom. The molecule has 1 amide bonds. The van der Waals surface area contributed by atoms with Gasteiger partial charge < -0.3 is 10.2 Å². The number of piperidine rings is 1. The van der Waals surface area contributed by atoms with E-state index >= 15 is 0 Å². The van der Waals surface area contributed by atoms with Gasteiger partial charge in [0.05, 0.1) is 16.1 Å². The minimum atomic E-state index is -0.0123. The molecule has 0 bridgehead atoms. The predicted molar refractivity (Wildman–Crippen MR) is 114 cm³/mol. The summed E-state index contributed by atoms with van der Waals surface area (Å²) >= 11 is 12.0. The van der Waals surface area contributed by atoms with Crippen molar-refractivity contribution >= 4 is 34.8 Å². The highest BCUT2D eigenvalue weighted by atomic mass is 35.5. The van der Waals surface area contributed by atoms with Crippen LogP contribution in [0.5, 0.6) is 0 Å². The summed E-state index contributed by atoms with van der Waals surface area (Å²) in [7, 11) is 0. The molecule has 0 unspecified atom stereocenters. The van der Waals surface area contributed by atoms with Gasteiger partial charge in [0.25, 0.3) is 0 Å². The summed E-state index contributed by atoms with van der Waals surface area (Å²) in [5.74, 6) is 0.0358. The van der Waals surface area contributed by atoms with E-state index in [1.807, 2.05) is 19.1 Å². The second-order valence-corrected chi connectivity index (χ2v) is 7.99. The average molecular weight is 405 g/mol. The van der Waals surface area contributed by atoms with Crippen molar-refractivity contribution in [2.45, 2.75) is 45.1 Å². The van der Waals surface area contributed by atoms with Crippen LogP contribution in [-0.4, -0.2) is 19.0 Å². The number of aryl methyl sites for hydroxylation is 1. The van der Waals surface area contributed by atoms with Gasteiger partial charge in [-0.1, -0.05) is 41.4 Å². The van der Waals surface area contributed by atoms with Crippen molar-refractivity contribution in [1.29, 1.82) is 0 Å². The highest BCUT2D eigenvalue weighted by Crippen LogP contribution is 2.24. The molecule has 1 heterocycles. The third-order valence-corrected chi connectivity index (χ3v) is 5.86. The van der Waals surface area contributed by atoms with Gasteiger partial charge in [0.1, 0.15) is 0 Å². The first-order valence-corrected chi connectivity index (χ1v) is 10.4. The zero-order valence-corrected chi connectivity index (χ0v) is 17.2. The van der Waals surface area contributed by atoms with Crippen molar-refractivity contribution in [2.24, 2.45) is 0 Å². The lowest BCUT2D eigenvalue weighted by Crippen LogP contribution is -2.29. The third kappa shape index (κ3) is 5.63. The molecule has 2 aromatic carbocycles. The molecule has 144 valence electrons. The standard InChI is InChI=1S/C22H26Cl2N2O/c1-16(18-7-9-19(10-8-18)26-13-3-2-4-14-26)25-22(27)12-6-17-5-11-20(23)21(24)15-17/h5,7-11,15-16H,2-4,6,12-14H2,1H3,(H,25,27)/t16-/m0/s1. The number of carbonyl (C=O) groups excluding carboxylic acids is 1. The fourth-order valence-electron chi connectivity index (χ4n) is 3.48. The van der Waals surface area contributed by atoms with Gasteiger partial charge in [-0.15, -0.1) is 0 Å². The van der Waals surface area contributed by atoms with Gasteiger partial charge in [-0.05, 0) is 68.0 Å². The van der Waals surface area contributed by atoms with Gasteiger partial charge >= 0.3 is 0 Å². The van der Waals surface area contributed by atoms with Crippen molar-refractivity contribution in [1.82, 2.24) is 5.32 Å². The number of amides is 1. The number of nitrogens with zero attached hydrogens (tertiary/aromatic N) is 1. The maximum absolute atomic E-state index is 12.3. The Balaban J connectivity index is 1.50. The maximum Gasteiger partial charge on any atom is 0.220 e. The number of hydrogen-bond acceptors (Lipinski definition) is 2. The van der Waals surface area contributed by atoms with Crippen LogP contribution in [0.15, 0.2) is 42.5 Å². The van der Waals surface area contributed by atoms with Crippen LogP contribution in [0.25, 0.3) is 0 Å². The summed E-state index contributed by atoms with van der Waals surface area (Å²) in [5, 5.41) is 4.14. The molecule has 3 rings (SSSR count). The molecular formula is C22H26Cl2N2O. The first-order chi connectivity index (χ1) is 13.0. The second kappa shape index (κ2) is 9.48. The summed E-state index contributed by atoms with van der Waals surface area (Å²) in [5.41, 5.74) is 3.41. The summed E-state index contributed by atoms with van der Waals surface area (Å²) in [4.78, 5) is 14.7. The van der Waals surface area contributed by atoms with Crippen LogP contribution in [0, 0.1) is 0 Å². The quantitative estimate of drug-likeness (QED) is 0.659. The summed E-state index contributed by atoms with van der Waals surface area (Å²) in [6.45, 7) is 4.30. The van der Waals surface area contributed by atoms with Crippen molar-refractivity contribution < 1.29 is 4.79 Å². The molecule has 0 saturated carbocycles. The SMILES string of the molecule is C[C@H](NC(=O)CCc1ccc(Cl)c(Cl)c1)c1ccc(N2CCCCC2)cc1. The largest absolute Gasteiger partial charge is 0.372 e. The van der Waals surface area contributed by atoms with E-state index in [9.17, 15) is 4.79 Å². The van der Waals surface area contributed by atoms with E-state index in [-0.39, 0.29) is 11.9 Å². The Bertz CT molecular complexity index is 770. The number of carbonyl (C=O) groups is 1. The molecule has 5 heteroatoms. The smallest absolute Gasteiger partial charge is 0.220 e. The maximum atomic E-state index is 12.3. The van der Waals surface area contributed by atoms with E-state index < -0.39 is 0 Å². The van der Waals surface area contributed by atoms with Crippen molar-refractivity contribution in [3.8, 4) is 0 Å². The van der Waals surface area contributed by atoms with Crippen molar-refractivity contribution in [2.75, 3.05) is 18.0 Å². The van der Waals surface area contributed by atoms with Crippen LogP contribution in [-0.2, 0) is 11.2 Å². The minimum Gasteiger partial charge on any atom is -0.372 e. The zero-order valence-electron chi connectivity index (χ0n) is 15.7. The normalized spacial score (nSPS) is 15.4. The number of nitrogens with one attached hydrogen (secondary N) is 1. The molecule has 27 heavy (non-hydrogen) atoms. The van der Waals surface area contributed by atoms with Crippen LogP contribution >= 0.6 is 23.2 Å². The van der Waals surface area contributed by atoms with E-state index in [0.29, 0.717) is 22.9 Å². The van der Waals surface area contributed by atoms with Crippen LogP contribution in [0.4, 0.5) is 5.69 Å². The van der Waals surface area contributed by atoms with Crippen molar-refractivity contribution in [3.05, 3.63) is 63.6 Å². The Kier molecular flexibility index (Phi) is 7.03. The highest BCUT2D eigenvalue weighted by Gasteiger charge is 2.13. The van der Waals surface area contributed by atoms with Gasteiger partial charge in [-0.2, -0.15) is 0 Å². The number of rotatable bonds is 6. The lowest BCUT2D eigenvalue weighted by molar-refractivity contribution is -0.121. The lowest BCUT2D eigenvalue weighted by Gasteiger charge is -2.29. The van der Waals surface area contributed by atoms with Gasteiger partial charge in [-0.3, -0.25) is 4.79 Å². The molecule has 0 aromatic heterocycles. The molecule has 0 spiro atoms. The van der Waals surface area contributed by atoms with E-state index in [2.05, 4.69) is 34.5 Å². The minimum absolute atomic E-state index is 0.0123. The highest BCUT2D eigenvalue weighted by molar-refractivity contribution is 6.42. The van der Waals surface area contributed by atoms with Gasteiger partial charge in [-0.25, -0.2) is 0 Å². The molecule has 0 radical (unpaired) electrons. The van der Waals surface area contributed by atoms with Gasteiger partial charge in [0.2, 0.25) is 5.91 Å². The molecule has 2 aromatic rings. The fourth-order valence-corrected chi connectivity index (χ4v) is 3.80. The Morgan fingerprint density at radius 3 is 2.41 bits per heavy atom. The Hall–Kier alpha value is -1.71. The topological polar surface area (TPSA) is 32.3 Å². The molecule has 1 N–H and O–H groups in total. The molecule has 1 aliphatic heterocycles. The fraction of sp³-hybridized carbons (Fsp3) is 0.409. The van der Waals surface area contributed by atoms with E-state index in [1.54, 1.807) is 6.07 Å². The van der Waals surface area contributed by atoms with Crippen molar-refractivity contribution in [3.63, 3.8) is 0 Å². The first kappa shape index (κ1) is 20.0. The van der Waals surface area contributed by atoms with E-state index in [4.69, 9.17) is 23.2 Å². The molecular weight excluding hydrogens is 379 g/mol. The van der Waals surface area contributed by atoms with Gasteiger partial charge in [0, 0.05) is 25.2 Å². The van der Waals surface area contributed by atoms with Crippen LogP contribution in [0.1, 0.15) is 49.8 Å². The van der Waals surface area contributed by atoms with Crippen LogP contribution < -0.4 is 10.2 Å². The summed E-state index contributed by atoms with van der Waals surface area (Å²) in [6, 6.07) is 14.1. The molecule has 1 atom stereocenters. The Labute approximate surface area is 171 Å². The van der Waals surface area contributed by atoms with E-state index in [0.717, 1.165) is 24.2 Å². The number of benzene rings is 2.